The summed E-state index contributed by atoms with van der Waals surface area (Å²) in [6.45, 7) is 1.81. The van der Waals surface area contributed by atoms with E-state index < -0.39 is 23.8 Å². The van der Waals surface area contributed by atoms with Gasteiger partial charge in [-0.05, 0) is 31.0 Å². The van der Waals surface area contributed by atoms with Crippen LogP contribution in [0.25, 0.3) is 0 Å². The highest BCUT2D eigenvalue weighted by Gasteiger charge is 2.48. The molecule has 0 radical (unpaired) electrons. The SMILES string of the molecule is CC(NC(=O)[C@@H]1C[C@@H]1C(=O)O)c1ccc(NC(N)=O)cc1. The predicted molar refractivity (Wildman–Crippen MR) is 75.4 cm³/mol. The lowest BCUT2D eigenvalue weighted by atomic mass is 10.1. The Morgan fingerprint density at radius 1 is 1.24 bits per heavy atom. The molecule has 1 saturated carbocycles. The smallest absolute Gasteiger partial charge is 0.316 e. The van der Waals surface area contributed by atoms with Crippen LogP contribution in [-0.2, 0) is 9.59 Å². The molecular weight excluding hydrogens is 274 g/mol. The number of anilines is 1. The van der Waals surface area contributed by atoms with Gasteiger partial charge in [0.2, 0.25) is 5.91 Å². The topological polar surface area (TPSA) is 122 Å². The number of nitrogens with two attached hydrogens (primary N) is 1. The van der Waals surface area contributed by atoms with E-state index in [2.05, 4.69) is 10.6 Å². The highest BCUT2D eigenvalue weighted by atomic mass is 16.4. The van der Waals surface area contributed by atoms with E-state index in [1.807, 2.05) is 6.92 Å². The molecule has 2 rings (SSSR count). The van der Waals surface area contributed by atoms with Gasteiger partial charge in [-0.3, -0.25) is 9.59 Å². The van der Waals surface area contributed by atoms with Crippen LogP contribution in [0.1, 0.15) is 24.9 Å². The zero-order valence-corrected chi connectivity index (χ0v) is 11.5. The second-order valence-electron chi connectivity index (χ2n) is 5.13. The van der Waals surface area contributed by atoms with Gasteiger partial charge in [0, 0.05) is 5.69 Å². The molecule has 1 unspecified atom stereocenters. The molecule has 3 amide bonds. The Hall–Kier alpha value is -2.57. The number of carbonyl (C=O) groups is 3. The van der Waals surface area contributed by atoms with Gasteiger partial charge in [-0.2, -0.15) is 0 Å². The van der Waals surface area contributed by atoms with E-state index >= 15 is 0 Å². The molecule has 112 valence electrons. The maximum absolute atomic E-state index is 11.9. The van der Waals surface area contributed by atoms with Crippen molar-refractivity contribution in [2.24, 2.45) is 17.6 Å². The maximum Gasteiger partial charge on any atom is 0.316 e. The number of amides is 3. The fourth-order valence-corrected chi connectivity index (χ4v) is 2.16. The molecule has 1 aromatic carbocycles. The third-order valence-electron chi connectivity index (χ3n) is 3.48. The zero-order chi connectivity index (χ0) is 15.6. The van der Waals surface area contributed by atoms with Crippen molar-refractivity contribution in [2.45, 2.75) is 19.4 Å². The molecule has 0 spiro atoms. The minimum absolute atomic E-state index is 0.241. The summed E-state index contributed by atoms with van der Waals surface area (Å²) in [5, 5.41) is 14.0. The van der Waals surface area contributed by atoms with Crippen LogP contribution in [0.5, 0.6) is 0 Å². The average molecular weight is 291 g/mol. The molecule has 5 N–H and O–H groups in total. The highest BCUT2D eigenvalue weighted by Crippen LogP contribution is 2.39. The second-order valence-corrected chi connectivity index (χ2v) is 5.13. The lowest BCUT2D eigenvalue weighted by Crippen LogP contribution is -2.29. The summed E-state index contributed by atoms with van der Waals surface area (Å²) in [4.78, 5) is 33.3. The predicted octanol–water partition coefficient (Wildman–Crippen LogP) is 1.08. The molecule has 1 aromatic rings. The Labute approximate surface area is 121 Å². The van der Waals surface area contributed by atoms with Crippen molar-refractivity contribution in [3.05, 3.63) is 29.8 Å². The number of carboxylic acid groups (broad SMARTS) is 1. The standard InChI is InChI=1S/C14H17N3O4/c1-7(16-12(18)10-6-11(10)13(19)20)8-2-4-9(5-3-8)17-14(15)21/h2-5,7,10-11H,6H2,1H3,(H,16,18)(H,19,20)(H3,15,17,21)/t7?,10-,11+/m1/s1. The fraction of sp³-hybridized carbons (Fsp3) is 0.357. The first kappa shape index (κ1) is 14.8. The molecule has 21 heavy (non-hydrogen) atoms. The van der Waals surface area contributed by atoms with Gasteiger partial charge < -0.3 is 21.5 Å². The summed E-state index contributed by atoms with van der Waals surface area (Å²) in [7, 11) is 0. The van der Waals surface area contributed by atoms with Gasteiger partial charge in [0.15, 0.2) is 0 Å². The van der Waals surface area contributed by atoms with Crippen LogP contribution in [0.15, 0.2) is 24.3 Å². The van der Waals surface area contributed by atoms with Crippen LogP contribution < -0.4 is 16.4 Å². The number of carbonyl (C=O) groups excluding carboxylic acids is 2. The van der Waals surface area contributed by atoms with Crippen LogP contribution in [0, 0.1) is 11.8 Å². The number of urea groups is 1. The fourth-order valence-electron chi connectivity index (χ4n) is 2.16. The zero-order valence-electron chi connectivity index (χ0n) is 11.5. The molecule has 0 bridgehead atoms. The van der Waals surface area contributed by atoms with Crippen LogP contribution in [-0.4, -0.2) is 23.0 Å². The number of primary amides is 1. The Morgan fingerprint density at radius 3 is 2.33 bits per heavy atom. The van der Waals surface area contributed by atoms with E-state index in [1.54, 1.807) is 24.3 Å². The maximum atomic E-state index is 11.9. The van der Waals surface area contributed by atoms with Gasteiger partial charge in [0.05, 0.1) is 17.9 Å². The van der Waals surface area contributed by atoms with Gasteiger partial charge in [0.1, 0.15) is 0 Å². The summed E-state index contributed by atoms with van der Waals surface area (Å²) in [5.41, 5.74) is 6.43. The molecule has 0 heterocycles. The van der Waals surface area contributed by atoms with Crippen molar-refractivity contribution in [1.29, 1.82) is 0 Å². The van der Waals surface area contributed by atoms with Crippen molar-refractivity contribution >= 4 is 23.6 Å². The number of aliphatic carboxylic acids is 1. The number of nitrogens with one attached hydrogen (secondary N) is 2. The van der Waals surface area contributed by atoms with Gasteiger partial charge in [-0.25, -0.2) is 4.79 Å². The molecule has 0 aliphatic heterocycles. The third kappa shape index (κ3) is 3.71. The monoisotopic (exact) mass is 291 g/mol. The van der Waals surface area contributed by atoms with Gasteiger partial charge in [0.25, 0.3) is 0 Å². The first-order valence-electron chi connectivity index (χ1n) is 6.58. The number of hydrogen-bond donors (Lipinski definition) is 4. The number of benzene rings is 1. The third-order valence-corrected chi connectivity index (χ3v) is 3.48. The molecule has 7 heteroatoms. The minimum Gasteiger partial charge on any atom is -0.481 e. The highest BCUT2D eigenvalue weighted by molar-refractivity contribution is 5.89. The summed E-state index contributed by atoms with van der Waals surface area (Å²) in [6, 6.07) is 6.00. The van der Waals surface area contributed by atoms with E-state index in [1.165, 1.54) is 0 Å². The van der Waals surface area contributed by atoms with Crippen molar-refractivity contribution in [2.75, 3.05) is 5.32 Å². The molecule has 7 nitrogen and oxygen atoms in total. The summed E-state index contributed by atoms with van der Waals surface area (Å²) >= 11 is 0. The Morgan fingerprint density at radius 2 is 1.86 bits per heavy atom. The van der Waals surface area contributed by atoms with E-state index in [0.29, 0.717) is 12.1 Å². The molecule has 0 aromatic heterocycles. The quantitative estimate of drug-likeness (QED) is 0.648. The summed E-state index contributed by atoms with van der Waals surface area (Å²) in [6.07, 6.45) is 0.398. The normalized spacial score (nSPS) is 21.2. The van der Waals surface area contributed by atoms with Crippen LogP contribution in [0.4, 0.5) is 10.5 Å². The van der Waals surface area contributed by atoms with Crippen molar-refractivity contribution in [1.82, 2.24) is 5.32 Å². The average Bonchev–Trinajstić information content (AvgIpc) is 3.19. The Kier molecular flexibility index (Phi) is 4.11. The Bertz CT molecular complexity index is 570. The number of rotatable bonds is 5. The lowest BCUT2D eigenvalue weighted by Gasteiger charge is -2.14. The van der Waals surface area contributed by atoms with E-state index in [-0.39, 0.29) is 11.9 Å². The minimum atomic E-state index is -0.926. The van der Waals surface area contributed by atoms with Crippen LogP contribution in [0.3, 0.4) is 0 Å². The first-order chi connectivity index (χ1) is 9.88. The van der Waals surface area contributed by atoms with Gasteiger partial charge >= 0.3 is 12.0 Å². The van der Waals surface area contributed by atoms with Crippen LogP contribution >= 0.6 is 0 Å². The molecule has 1 fully saturated rings. The number of carboxylic acids is 1. The lowest BCUT2D eigenvalue weighted by molar-refractivity contribution is -0.140. The molecular formula is C14H17N3O4. The van der Waals surface area contributed by atoms with E-state index in [9.17, 15) is 14.4 Å². The van der Waals surface area contributed by atoms with Crippen molar-refractivity contribution < 1.29 is 19.5 Å². The molecule has 3 atom stereocenters. The van der Waals surface area contributed by atoms with Crippen molar-refractivity contribution in [3.63, 3.8) is 0 Å². The largest absolute Gasteiger partial charge is 0.481 e. The second kappa shape index (κ2) is 5.82. The number of hydrogen-bond acceptors (Lipinski definition) is 3. The van der Waals surface area contributed by atoms with Crippen molar-refractivity contribution in [3.8, 4) is 0 Å². The molecule has 0 saturated heterocycles. The first-order valence-corrected chi connectivity index (χ1v) is 6.58. The molecule has 1 aliphatic rings. The Balaban J connectivity index is 1.91. The van der Waals surface area contributed by atoms with E-state index in [0.717, 1.165) is 5.56 Å². The summed E-state index contributed by atoms with van der Waals surface area (Å²) < 4.78 is 0. The molecule has 1 aliphatic carbocycles. The summed E-state index contributed by atoms with van der Waals surface area (Å²) in [5.74, 6) is -2.15. The van der Waals surface area contributed by atoms with Gasteiger partial charge in [-0.15, -0.1) is 0 Å². The van der Waals surface area contributed by atoms with Crippen LogP contribution in [0.2, 0.25) is 0 Å². The van der Waals surface area contributed by atoms with E-state index in [4.69, 9.17) is 10.8 Å². The van der Waals surface area contributed by atoms with Gasteiger partial charge in [-0.1, -0.05) is 12.1 Å².